The van der Waals surface area contributed by atoms with E-state index in [0.29, 0.717) is 18.6 Å². The molecule has 3 aliphatic heterocycles. The van der Waals surface area contributed by atoms with E-state index >= 15 is 0 Å². The molecule has 3 fully saturated rings. The first-order valence-corrected chi connectivity index (χ1v) is 13.8. The summed E-state index contributed by atoms with van der Waals surface area (Å²) in [6.07, 6.45) is 4.86. The monoisotopic (exact) mass is 550 g/mol. The summed E-state index contributed by atoms with van der Waals surface area (Å²) in [6, 6.07) is 20.3. The molecule has 2 N–H and O–H groups in total. The molecule has 216 valence electrons. The lowest BCUT2D eigenvalue weighted by Crippen LogP contribution is -2.48. The Morgan fingerprint density at radius 2 is 1.68 bits per heavy atom. The quantitative estimate of drug-likeness (QED) is 0.271. The number of hydrogen-bond acceptors (Lipinski definition) is 7. The van der Waals surface area contributed by atoms with Gasteiger partial charge in [-0.15, -0.1) is 5.73 Å². The zero-order valence-corrected chi connectivity index (χ0v) is 23.6. The Bertz CT molecular complexity index is 1130. The van der Waals surface area contributed by atoms with Crippen LogP contribution in [-0.4, -0.2) is 61.4 Å². The van der Waals surface area contributed by atoms with Gasteiger partial charge in [-0.25, -0.2) is 4.79 Å². The number of ether oxygens (including phenoxy) is 4. The third kappa shape index (κ3) is 7.38. The summed E-state index contributed by atoms with van der Waals surface area (Å²) in [7, 11) is 2.37. The number of hydrogen-bond donors (Lipinski definition) is 2. The molecular weight excluding hydrogens is 508 g/mol. The molecule has 3 heterocycles. The Balaban J connectivity index is 0.000000212. The third-order valence-corrected chi connectivity index (χ3v) is 7.57. The summed E-state index contributed by atoms with van der Waals surface area (Å²) < 4.78 is 23.0. The number of aliphatic hydroxyl groups excluding tert-OH is 2. The molecule has 3 aliphatic rings. The van der Waals surface area contributed by atoms with E-state index < -0.39 is 11.6 Å². The Morgan fingerprint density at radius 3 is 2.25 bits per heavy atom. The Kier molecular flexibility index (Phi) is 12.3. The number of benzene rings is 2. The highest BCUT2D eigenvalue weighted by Crippen LogP contribution is 2.49. The van der Waals surface area contributed by atoms with E-state index in [-0.39, 0.29) is 31.0 Å². The minimum absolute atomic E-state index is 0.0734. The second kappa shape index (κ2) is 15.7. The Labute approximate surface area is 237 Å². The lowest BCUT2D eigenvalue weighted by atomic mass is 9.81. The molecule has 40 heavy (non-hydrogen) atoms. The normalized spacial score (nSPS) is 26.8. The van der Waals surface area contributed by atoms with Crippen molar-refractivity contribution >= 4 is 5.97 Å². The highest BCUT2D eigenvalue weighted by Gasteiger charge is 2.55. The van der Waals surface area contributed by atoms with E-state index in [1.54, 1.807) is 0 Å². The summed E-state index contributed by atoms with van der Waals surface area (Å²) >= 11 is 0. The Morgan fingerprint density at radius 1 is 1.05 bits per heavy atom. The van der Waals surface area contributed by atoms with Gasteiger partial charge in [0.2, 0.25) is 0 Å². The largest absolute Gasteiger partial charge is 0.466 e. The second-order valence-corrected chi connectivity index (χ2v) is 9.87. The molecule has 2 aromatic rings. The standard InChI is InChI=1S/C17H20O4.C15H18O2.CH4O/c1-12(16(18)19-2)17-11-14(13-7-4-3-5-8-13)21-15(17)9-6-10-20-17;1-2-12-11-15(13-7-4-3-5-8-13)17-14(12)9-6-10-16;1-2/h3-5,7-8,14-15H,1,6,9-11H2,2H3;3-5,7-8,14-16H,1,6,9-11H2;2H,1H3/t14?,15?,17-;;/m1../s1. The smallest absolute Gasteiger partial charge is 0.336 e. The highest BCUT2D eigenvalue weighted by molar-refractivity contribution is 5.90. The fraction of sp³-hybridized carbons (Fsp3) is 0.455. The average Bonchev–Trinajstić information content (AvgIpc) is 3.64. The second-order valence-electron chi connectivity index (χ2n) is 9.87. The molecule has 0 aromatic heterocycles. The first-order chi connectivity index (χ1) is 19.5. The number of carbonyl (C=O) groups excluding carboxylic acids is 1. The zero-order valence-electron chi connectivity index (χ0n) is 23.6. The van der Waals surface area contributed by atoms with Crippen LogP contribution in [-0.2, 0) is 23.7 Å². The fourth-order valence-corrected chi connectivity index (χ4v) is 5.53. The number of rotatable bonds is 7. The fourth-order valence-electron chi connectivity index (χ4n) is 5.53. The van der Waals surface area contributed by atoms with Crippen molar-refractivity contribution in [2.75, 3.05) is 27.4 Å². The van der Waals surface area contributed by atoms with E-state index in [1.165, 1.54) is 12.7 Å². The summed E-state index contributed by atoms with van der Waals surface area (Å²) in [5.41, 5.74) is 6.04. The van der Waals surface area contributed by atoms with Crippen molar-refractivity contribution in [3.05, 3.63) is 102 Å². The molecule has 2 aromatic carbocycles. The summed E-state index contributed by atoms with van der Waals surface area (Å²) in [5, 5.41) is 15.9. The predicted octanol–water partition coefficient (Wildman–Crippen LogP) is 5.40. The van der Waals surface area contributed by atoms with Crippen LogP contribution in [0.2, 0.25) is 0 Å². The van der Waals surface area contributed by atoms with E-state index in [1.807, 2.05) is 48.5 Å². The van der Waals surface area contributed by atoms with Gasteiger partial charge in [-0.1, -0.05) is 73.8 Å². The van der Waals surface area contributed by atoms with E-state index in [0.717, 1.165) is 50.4 Å². The number of fused-ring (bicyclic) bond motifs is 1. The number of methoxy groups -OCH3 is 1. The van der Waals surface area contributed by atoms with Gasteiger partial charge in [0.1, 0.15) is 5.60 Å². The number of carbonyl (C=O) groups is 1. The molecule has 0 spiro atoms. The summed E-state index contributed by atoms with van der Waals surface area (Å²) in [4.78, 5) is 11.9. The molecule has 7 nitrogen and oxygen atoms in total. The minimum atomic E-state index is -0.744. The number of aliphatic hydroxyl groups is 2. The summed E-state index contributed by atoms with van der Waals surface area (Å²) in [5.74, 6) is -0.417. The molecule has 0 bridgehead atoms. The van der Waals surface area contributed by atoms with Gasteiger partial charge >= 0.3 is 5.97 Å². The topological polar surface area (TPSA) is 94.5 Å². The van der Waals surface area contributed by atoms with Gasteiger partial charge in [-0.05, 0) is 36.8 Å². The van der Waals surface area contributed by atoms with Crippen molar-refractivity contribution in [2.24, 2.45) is 0 Å². The van der Waals surface area contributed by atoms with Crippen LogP contribution in [0.5, 0.6) is 0 Å². The van der Waals surface area contributed by atoms with Crippen molar-refractivity contribution in [1.82, 2.24) is 0 Å². The van der Waals surface area contributed by atoms with Crippen molar-refractivity contribution in [3.8, 4) is 0 Å². The van der Waals surface area contributed by atoms with Crippen LogP contribution in [0, 0.1) is 0 Å². The molecule has 0 saturated carbocycles. The van der Waals surface area contributed by atoms with Crippen molar-refractivity contribution in [3.63, 3.8) is 0 Å². The Hall–Kier alpha value is -3.03. The van der Waals surface area contributed by atoms with Crippen molar-refractivity contribution < 1.29 is 34.0 Å². The predicted molar refractivity (Wildman–Crippen MR) is 154 cm³/mol. The third-order valence-electron chi connectivity index (χ3n) is 7.57. The molecule has 5 atom stereocenters. The first kappa shape index (κ1) is 31.5. The van der Waals surface area contributed by atoms with Gasteiger partial charge in [0.25, 0.3) is 0 Å². The maximum atomic E-state index is 11.9. The number of esters is 1. The van der Waals surface area contributed by atoms with E-state index in [2.05, 4.69) is 31.0 Å². The molecule has 3 saturated heterocycles. The van der Waals surface area contributed by atoms with Gasteiger partial charge in [-0.2, -0.15) is 0 Å². The van der Waals surface area contributed by atoms with Gasteiger partial charge in [0.05, 0.1) is 37.1 Å². The highest BCUT2D eigenvalue weighted by atomic mass is 16.6. The molecular formula is C33H42O7. The average molecular weight is 551 g/mol. The first-order valence-electron chi connectivity index (χ1n) is 13.8. The van der Waals surface area contributed by atoms with Crippen LogP contribution in [0.15, 0.2) is 90.7 Å². The van der Waals surface area contributed by atoms with Crippen molar-refractivity contribution in [2.45, 2.75) is 68.5 Å². The lowest BCUT2D eigenvalue weighted by molar-refractivity contribution is -0.146. The molecule has 0 aliphatic carbocycles. The van der Waals surface area contributed by atoms with E-state index in [4.69, 9.17) is 29.2 Å². The summed E-state index contributed by atoms with van der Waals surface area (Å²) in [6.45, 7) is 8.49. The lowest BCUT2D eigenvalue weighted by Gasteiger charge is -2.38. The zero-order chi connectivity index (χ0) is 29.0. The van der Waals surface area contributed by atoms with Crippen LogP contribution < -0.4 is 0 Å². The van der Waals surface area contributed by atoms with Gasteiger partial charge in [0, 0.05) is 38.7 Å². The van der Waals surface area contributed by atoms with Gasteiger partial charge in [-0.3, -0.25) is 0 Å². The molecule has 0 amide bonds. The van der Waals surface area contributed by atoms with Crippen LogP contribution in [0.25, 0.3) is 0 Å². The molecule has 4 unspecified atom stereocenters. The van der Waals surface area contributed by atoms with Gasteiger partial charge < -0.3 is 29.2 Å². The molecule has 7 heteroatoms. The van der Waals surface area contributed by atoms with Crippen LogP contribution in [0.4, 0.5) is 0 Å². The molecule has 0 radical (unpaired) electrons. The van der Waals surface area contributed by atoms with Crippen molar-refractivity contribution in [1.29, 1.82) is 0 Å². The van der Waals surface area contributed by atoms with Crippen LogP contribution in [0.1, 0.15) is 61.9 Å². The molecule has 5 rings (SSSR count). The van der Waals surface area contributed by atoms with E-state index in [9.17, 15) is 4.79 Å². The van der Waals surface area contributed by atoms with Crippen LogP contribution >= 0.6 is 0 Å². The maximum absolute atomic E-state index is 11.9. The van der Waals surface area contributed by atoms with Crippen LogP contribution in [0.3, 0.4) is 0 Å². The SMILES string of the molecule is C=C(C(=O)OC)[C@]12CC(c3ccccc3)OC1CCCO2.C=C=C1CC(c2ccccc2)OC1CCCO.CO. The maximum Gasteiger partial charge on any atom is 0.336 e. The minimum Gasteiger partial charge on any atom is -0.466 e. The van der Waals surface area contributed by atoms with Gasteiger partial charge in [0.15, 0.2) is 0 Å².